The summed E-state index contributed by atoms with van der Waals surface area (Å²) in [6.45, 7) is 9.21. The first-order valence-electron chi connectivity index (χ1n) is 5.67. The third-order valence-electron chi connectivity index (χ3n) is 3.75. The van der Waals surface area contributed by atoms with Crippen LogP contribution in [0.15, 0.2) is 4.99 Å². The Bertz CT molecular complexity index is 269. The van der Waals surface area contributed by atoms with E-state index in [1.165, 1.54) is 11.7 Å². The van der Waals surface area contributed by atoms with Crippen molar-refractivity contribution in [1.29, 1.82) is 0 Å². The van der Waals surface area contributed by atoms with Gasteiger partial charge in [0.2, 0.25) is 0 Å². The fourth-order valence-corrected chi connectivity index (χ4v) is 3.93. The van der Waals surface area contributed by atoms with E-state index in [1.54, 1.807) is 0 Å². The van der Waals surface area contributed by atoms with Gasteiger partial charge in [0, 0.05) is 23.2 Å². The molecule has 4 unspecified atom stereocenters. The maximum absolute atomic E-state index is 4.66. The van der Waals surface area contributed by atoms with Crippen LogP contribution in [0.5, 0.6) is 0 Å². The fourth-order valence-electron chi connectivity index (χ4n) is 2.30. The molecular weight excluding hydrogens is 272 g/mol. The van der Waals surface area contributed by atoms with Crippen LogP contribution in [0.3, 0.4) is 0 Å². The normalized spacial score (nSPS) is 41.1. The number of alkyl halides is 1. The Morgan fingerprint density at radius 3 is 2.67 bits per heavy atom. The Labute approximate surface area is 105 Å². The maximum Gasteiger partial charge on any atom is 0.159 e. The molecule has 0 radical (unpaired) electrons. The molecule has 2 rings (SSSR count). The monoisotopic (exact) mass is 290 g/mol. The molecule has 1 saturated heterocycles. The Balaban J connectivity index is 2.01. The van der Waals surface area contributed by atoms with Crippen molar-refractivity contribution in [3.8, 4) is 0 Å². The first kappa shape index (κ1) is 11.8. The molecule has 0 bridgehead atoms. The molecule has 4 heteroatoms. The van der Waals surface area contributed by atoms with Crippen LogP contribution in [0.1, 0.15) is 20.8 Å². The number of halogens is 1. The molecule has 15 heavy (non-hydrogen) atoms. The van der Waals surface area contributed by atoms with Crippen LogP contribution in [-0.2, 0) is 0 Å². The fraction of sp³-hybridized carbons (Fsp3) is 0.909. The van der Waals surface area contributed by atoms with E-state index in [9.17, 15) is 0 Å². The van der Waals surface area contributed by atoms with Crippen molar-refractivity contribution in [2.75, 3.05) is 18.4 Å². The molecule has 4 atom stereocenters. The van der Waals surface area contributed by atoms with Crippen LogP contribution >= 0.6 is 27.7 Å². The molecule has 2 nitrogen and oxygen atoms in total. The average molecular weight is 291 g/mol. The van der Waals surface area contributed by atoms with Crippen LogP contribution in [-0.4, -0.2) is 39.8 Å². The summed E-state index contributed by atoms with van der Waals surface area (Å²) in [4.78, 5) is 7.17. The molecule has 0 amide bonds. The van der Waals surface area contributed by atoms with Gasteiger partial charge in [-0.05, 0) is 18.8 Å². The molecule has 0 aromatic heterocycles. The Hall–Kier alpha value is 0.300. The molecule has 0 spiro atoms. The Morgan fingerprint density at radius 1 is 1.47 bits per heavy atom. The summed E-state index contributed by atoms with van der Waals surface area (Å²) in [6.07, 6.45) is 0. The molecule has 2 aliphatic rings. The topological polar surface area (TPSA) is 15.6 Å². The van der Waals surface area contributed by atoms with Crippen LogP contribution in [0.4, 0.5) is 0 Å². The summed E-state index contributed by atoms with van der Waals surface area (Å²) in [6, 6.07) is 0.653. The van der Waals surface area contributed by atoms with Crippen molar-refractivity contribution < 1.29 is 0 Å². The summed E-state index contributed by atoms with van der Waals surface area (Å²) >= 11 is 5.48. The lowest BCUT2D eigenvalue weighted by atomic mass is 9.95. The van der Waals surface area contributed by atoms with Crippen molar-refractivity contribution in [2.45, 2.75) is 32.1 Å². The van der Waals surface area contributed by atoms with E-state index in [0.717, 1.165) is 23.7 Å². The Kier molecular flexibility index (Phi) is 3.66. The minimum absolute atomic E-state index is 0.651. The third kappa shape index (κ3) is 2.21. The van der Waals surface area contributed by atoms with Gasteiger partial charge in [-0.3, -0.25) is 4.99 Å². The van der Waals surface area contributed by atoms with Gasteiger partial charge in [-0.15, -0.1) is 0 Å². The van der Waals surface area contributed by atoms with Gasteiger partial charge < -0.3 is 4.90 Å². The van der Waals surface area contributed by atoms with Crippen LogP contribution in [0, 0.1) is 11.8 Å². The van der Waals surface area contributed by atoms with E-state index in [2.05, 4.69) is 46.6 Å². The lowest BCUT2D eigenvalue weighted by molar-refractivity contribution is 0.370. The number of thioether (sulfide) groups is 1. The number of likely N-dealkylation sites (tertiary alicyclic amines) is 1. The average Bonchev–Trinajstić information content (AvgIpc) is 2.79. The SMILES string of the molecule is CC1CN(C2=NCC(CBr)S2)C(C)C1C. The summed E-state index contributed by atoms with van der Waals surface area (Å²) in [5, 5.41) is 2.99. The van der Waals surface area contributed by atoms with Crippen molar-refractivity contribution >= 4 is 32.9 Å². The smallest absolute Gasteiger partial charge is 0.159 e. The summed E-state index contributed by atoms with van der Waals surface area (Å²) < 4.78 is 0. The number of aliphatic imine (C=N–C) groups is 1. The van der Waals surface area contributed by atoms with Crippen molar-refractivity contribution in [3.05, 3.63) is 0 Å². The summed E-state index contributed by atoms with van der Waals surface area (Å²) in [5.41, 5.74) is 0. The highest BCUT2D eigenvalue weighted by molar-refractivity contribution is 9.09. The van der Waals surface area contributed by atoms with Gasteiger partial charge in [0.25, 0.3) is 0 Å². The molecule has 86 valence electrons. The summed E-state index contributed by atoms with van der Waals surface area (Å²) in [5.74, 6) is 1.59. The maximum atomic E-state index is 4.66. The molecule has 0 aromatic carbocycles. The summed E-state index contributed by atoms with van der Waals surface area (Å²) in [7, 11) is 0. The molecule has 1 fully saturated rings. The van der Waals surface area contributed by atoms with Gasteiger partial charge in [0.1, 0.15) is 0 Å². The lowest BCUT2D eigenvalue weighted by Crippen LogP contribution is -2.33. The first-order chi connectivity index (χ1) is 7.13. The molecule has 0 aliphatic carbocycles. The zero-order valence-electron chi connectivity index (χ0n) is 9.61. The standard InChI is InChI=1S/C11H19BrN2S/c1-7-6-14(9(3)8(7)2)11-13-5-10(4-12)15-11/h7-10H,4-6H2,1-3H3. The Morgan fingerprint density at radius 2 is 2.20 bits per heavy atom. The van der Waals surface area contributed by atoms with Gasteiger partial charge in [-0.25, -0.2) is 0 Å². The van der Waals surface area contributed by atoms with Gasteiger partial charge in [0.15, 0.2) is 5.17 Å². The number of amidine groups is 1. The minimum Gasteiger partial charge on any atom is -0.348 e. The van der Waals surface area contributed by atoms with E-state index >= 15 is 0 Å². The lowest BCUT2D eigenvalue weighted by Gasteiger charge is -2.24. The number of nitrogens with zero attached hydrogens (tertiary/aromatic N) is 2. The molecule has 0 N–H and O–H groups in total. The predicted molar refractivity (Wildman–Crippen MR) is 72.0 cm³/mol. The van der Waals surface area contributed by atoms with E-state index in [1.807, 2.05) is 11.8 Å². The second-order valence-corrected chi connectivity index (χ2v) is 6.66. The van der Waals surface area contributed by atoms with Crippen molar-refractivity contribution in [1.82, 2.24) is 4.90 Å². The largest absolute Gasteiger partial charge is 0.348 e. The van der Waals surface area contributed by atoms with Gasteiger partial charge in [-0.2, -0.15) is 0 Å². The van der Waals surface area contributed by atoms with E-state index < -0.39 is 0 Å². The zero-order valence-corrected chi connectivity index (χ0v) is 12.0. The quantitative estimate of drug-likeness (QED) is 0.690. The highest BCUT2D eigenvalue weighted by atomic mass is 79.9. The molecule has 2 aliphatic heterocycles. The number of rotatable bonds is 1. The second-order valence-electron chi connectivity index (χ2n) is 4.75. The molecule has 2 heterocycles. The highest BCUT2D eigenvalue weighted by Crippen LogP contribution is 2.34. The molecule has 0 aromatic rings. The van der Waals surface area contributed by atoms with E-state index in [-0.39, 0.29) is 0 Å². The zero-order chi connectivity index (χ0) is 11.0. The van der Waals surface area contributed by atoms with Crippen molar-refractivity contribution in [2.24, 2.45) is 16.8 Å². The second kappa shape index (κ2) is 4.66. The van der Waals surface area contributed by atoms with Gasteiger partial charge >= 0.3 is 0 Å². The van der Waals surface area contributed by atoms with E-state index in [4.69, 9.17) is 0 Å². The minimum atomic E-state index is 0.651. The third-order valence-corrected chi connectivity index (χ3v) is 6.19. The van der Waals surface area contributed by atoms with Crippen LogP contribution in [0.25, 0.3) is 0 Å². The van der Waals surface area contributed by atoms with Gasteiger partial charge in [0.05, 0.1) is 6.54 Å². The van der Waals surface area contributed by atoms with E-state index in [0.29, 0.717) is 11.3 Å². The van der Waals surface area contributed by atoms with Crippen molar-refractivity contribution in [3.63, 3.8) is 0 Å². The van der Waals surface area contributed by atoms with Crippen LogP contribution < -0.4 is 0 Å². The number of hydrogen-bond acceptors (Lipinski definition) is 3. The number of hydrogen-bond donors (Lipinski definition) is 0. The predicted octanol–water partition coefficient (Wildman–Crippen LogP) is 2.83. The van der Waals surface area contributed by atoms with Gasteiger partial charge in [-0.1, -0.05) is 41.5 Å². The molecular formula is C11H19BrN2S. The molecule has 0 saturated carbocycles. The first-order valence-corrected chi connectivity index (χ1v) is 7.67. The highest BCUT2D eigenvalue weighted by Gasteiger charge is 2.37. The van der Waals surface area contributed by atoms with Crippen LogP contribution in [0.2, 0.25) is 0 Å².